The lowest BCUT2D eigenvalue weighted by Crippen LogP contribution is -2.41. The molecule has 0 unspecified atom stereocenters. The van der Waals surface area contributed by atoms with Crippen LogP contribution in [0.4, 0.5) is 9.18 Å². The minimum Gasteiger partial charge on any atom is -0.444 e. The van der Waals surface area contributed by atoms with E-state index in [0.29, 0.717) is 18.8 Å². The third kappa shape index (κ3) is 4.12. The van der Waals surface area contributed by atoms with Crippen molar-refractivity contribution in [3.05, 3.63) is 34.9 Å². The summed E-state index contributed by atoms with van der Waals surface area (Å²) in [4.78, 5) is 13.9. The molecule has 9 heteroatoms. The zero-order valence-corrected chi connectivity index (χ0v) is 15.7. The smallest absolute Gasteiger partial charge is 0.410 e. The maximum absolute atomic E-state index is 14.0. The molecule has 7 nitrogen and oxygen atoms in total. The number of carbonyl (C=O) groups excluding carboxylic acids is 1. The number of ether oxygens (including phenoxy) is 1. The van der Waals surface area contributed by atoms with Crippen LogP contribution in [0.3, 0.4) is 0 Å². The molecule has 1 saturated heterocycles. The molecule has 1 aromatic carbocycles. The second-order valence-corrected chi connectivity index (χ2v) is 7.73. The predicted molar refractivity (Wildman–Crippen MR) is 93.9 cm³/mol. The Morgan fingerprint density at radius 2 is 2.00 bits per heavy atom. The van der Waals surface area contributed by atoms with E-state index in [9.17, 15) is 9.18 Å². The molecule has 1 amide bonds. The summed E-state index contributed by atoms with van der Waals surface area (Å²) in [5.74, 6) is -0.405. The molecule has 0 atom stereocenters. The van der Waals surface area contributed by atoms with Crippen LogP contribution in [-0.4, -0.2) is 49.9 Å². The first-order valence-electron chi connectivity index (χ1n) is 8.45. The van der Waals surface area contributed by atoms with Crippen LogP contribution in [0.5, 0.6) is 0 Å². The topological polar surface area (TPSA) is 73.1 Å². The van der Waals surface area contributed by atoms with Crippen LogP contribution < -0.4 is 0 Å². The van der Waals surface area contributed by atoms with Crippen molar-refractivity contribution in [2.75, 3.05) is 13.1 Å². The number of benzene rings is 1. The molecule has 1 aliphatic rings. The number of halogens is 2. The molecule has 2 heterocycles. The van der Waals surface area contributed by atoms with Crippen molar-refractivity contribution in [3.8, 4) is 5.69 Å². The Bertz CT molecular complexity index is 783. The van der Waals surface area contributed by atoms with Gasteiger partial charge in [-0.05, 0) is 61.6 Å². The molecule has 0 N–H and O–H groups in total. The number of tetrazole rings is 1. The van der Waals surface area contributed by atoms with Gasteiger partial charge in [-0.1, -0.05) is 11.6 Å². The van der Waals surface area contributed by atoms with Crippen molar-refractivity contribution in [1.29, 1.82) is 0 Å². The van der Waals surface area contributed by atoms with Gasteiger partial charge in [-0.2, -0.15) is 0 Å². The van der Waals surface area contributed by atoms with Gasteiger partial charge in [0.2, 0.25) is 0 Å². The molecular formula is C17H21ClFN5O2. The number of carbonyl (C=O) groups is 1. The number of aromatic nitrogens is 4. The van der Waals surface area contributed by atoms with Gasteiger partial charge in [0.1, 0.15) is 17.7 Å². The number of amides is 1. The highest BCUT2D eigenvalue weighted by molar-refractivity contribution is 6.30. The number of nitrogens with zero attached hydrogens (tertiary/aromatic N) is 5. The van der Waals surface area contributed by atoms with Gasteiger partial charge in [0.15, 0.2) is 0 Å². The molecule has 140 valence electrons. The molecule has 0 aliphatic carbocycles. The first-order valence-corrected chi connectivity index (χ1v) is 8.82. The Morgan fingerprint density at radius 3 is 2.58 bits per heavy atom. The third-order valence-electron chi connectivity index (χ3n) is 4.25. The lowest BCUT2D eigenvalue weighted by Gasteiger charge is -2.34. The number of piperidine rings is 1. The molecule has 3 rings (SSSR count). The highest BCUT2D eigenvalue weighted by Gasteiger charge is 2.29. The van der Waals surface area contributed by atoms with E-state index in [4.69, 9.17) is 16.3 Å². The fraction of sp³-hybridized carbons (Fsp3) is 0.529. The second-order valence-electron chi connectivity index (χ2n) is 7.32. The fourth-order valence-electron chi connectivity index (χ4n) is 3.05. The van der Waals surface area contributed by atoms with E-state index in [1.54, 1.807) is 11.0 Å². The van der Waals surface area contributed by atoms with Gasteiger partial charge >= 0.3 is 6.09 Å². The summed E-state index contributed by atoms with van der Waals surface area (Å²) in [5, 5.41) is 11.1. The molecule has 0 radical (unpaired) electrons. The highest BCUT2D eigenvalue weighted by atomic mass is 35.5. The van der Waals surface area contributed by atoms with E-state index in [2.05, 4.69) is 15.5 Å². The fourth-order valence-corrected chi connectivity index (χ4v) is 3.22. The Labute approximate surface area is 156 Å². The average Bonchev–Trinajstić information content (AvgIpc) is 3.10. The summed E-state index contributed by atoms with van der Waals surface area (Å²) < 4.78 is 20.8. The zero-order chi connectivity index (χ0) is 18.9. The summed E-state index contributed by atoms with van der Waals surface area (Å²) in [6.45, 7) is 6.65. The minimum absolute atomic E-state index is 0.0615. The minimum atomic E-state index is -0.522. The van der Waals surface area contributed by atoms with E-state index >= 15 is 0 Å². The first-order chi connectivity index (χ1) is 12.2. The molecule has 0 saturated carbocycles. The number of hydrogen-bond acceptors (Lipinski definition) is 5. The van der Waals surface area contributed by atoms with Crippen LogP contribution in [0.25, 0.3) is 5.69 Å². The standard InChI is InChI=1S/C17H21ClFN5O2/c1-17(2,3)26-16(25)23-6-4-11(5-7-23)12-8-13(18)14(19)9-15(12)24-10-20-21-22-24/h8-11H,4-7H2,1-3H3. The molecule has 0 bridgehead atoms. The van der Waals surface area contributed by atoms with Crippen LogP contribution in [0.1, 0.15) is 45.1 Å². The van der Waals surface area contributed by atoms with E-state index in [0.717, 1.165) is 18.4 Å². The summed E-state index contributed by atoms with van der Waals surface area (Å²) in [6.07, 6.45) is 2.54. The van der Waals surface area contributed by atoms with E-state index in [1.165, 1.54) is 17.1 Å². The van der Waals surface area contributed by atoms with Crippen molar-refractivity contribution in [3.63, 3.8) is 0 Å². The van der Waals surface area contributed by atoms with Gasteiger partial charge in [-0.3, -0.25) is 0 Å². The summed E-state index contributed by atoms with van der Waals surface area (Å²) in [7, 11) is 0. The number of rotatable bonds is 2. The van der Waals surface area contributed by atoms with Crippen molar-refractivity contribution < 1.29 is 13.9 Å². The monoisotopic (exact) mass is 381 g/mol. The molecule has 0 spiro atoms. The van der Waals surface area contributed by atoms with Crippen LogP contribution in [0.15, 0.2) is 18.5 Å². The molecule has 1 aromatic heterocycles. The summed E-state index contributed by atoms with van der Waals surface area (Å²) in [5.41, 5.74) is 0.909. The number of likely N-dealkylation sites (tertiary alicyclic amines) is 1. The van der Waals surface area contributed by atoms with Gasteiger partial charge in [-0.15, -0.1) is 5.10 Å². The van der Waals surface area contributed by atoms with Gasteiger partial charge in [-0.25, -0.2) is 13.9 Å². The van der Waals surface area contributed by atoms with E-state index in [1.807, 2.05) is 20.8 Å². The van der Waals surface area contributed by atoms with Gasteiger partial charge < -0.3 is 9.64 Å². The van der Waals surface area contributed by atoms with Crippen molar-refractivity contribution in [1.82, 2.24) is 25.1 Å². The SMILES string of the molecule is CC(C)(C)OC(=O)N1CCC(c2cc(Cl)c(F)cc2-n2cnnn2)CC1. The van der Waals surface area contributed by atoms with Crippen molar-refractivity contribution in [2.45, 2.75) is 45.1 Å². The molecule has 2 aromatic rings. The molecular weight excluding hydrogens is 361 g/mol. The van der Waals surface area contributed by atoms with E-state index < -0.39 is 11.4 Å². The Balaban J connectivity index is 1.78. The van der Waals surface area contributed by atoms with Gasteiger partial charge in [0.05, 0.1) is 10.7 Å². The largest absolute Gasteiger partial charge is 0.444 e. The average molecular weight is 382 g/mol. The van der Waals surface area contributed by atoms with Crippen molar-refractivity contribution >= 4 is 17.7 Å². The quantitative estimate of drug-likeness (QED) is 0.795. The third-order valence-corrected chi connectivity index (χ3v) is 4.54. The zero-order valence-electron chi connectivity index (χ0n) is 14.9. The molecule has 26 heavy (non-hydrogen) atoms. The van der Waals surface area contributed by atoms with Gasteiger partial charge in [0.25, 0.3) is 0 Å². The molecule has 1 fully saturated rings. The molecule has 1 aliphatic heterocycles. The van der Waals surface area contributed by atoms with Crippen LogP contribution in [0, 0.1) is 5.82 Å². The second kappa shape index (κ2) is 7.19. The summed E-state index contributed by atoms with van der Waals surface area (Å²) >= 11 is 6.00. The predicted octanol–water partition coefficient (Wildman–Crippen LogP) is 3.57. The lowest BCUT2D eigenvalue weighted by molar-refractivity contribution is 0.0205. The normalized spacial score (nSPS) is 16.0. The van der Waals surface area contributed by atoms with Crippen LogP contribution in [-0.2, 0) is 4.74 Å². The van der Waals surface area contributed by atoms with Crippen LogP contribution >= 0.6 is 11.6 Å². The van der Waals surface area contributed by atoms with E-state index in [-0.39, 0.29) is 17.0 Å². The van der Waals surface area contributed by atoms with Gasteiger partial charge in [0, 0.05) is 19.2 Å². The lowest BCUT2D eigenvalue weighted by atomic mass is 9.88. The Morgan fingerprint density at radius 1 is 1.31 bits per heavy atom. The highest BCUT2D eigenvalue weighted by Crippen LogP contribution is 2.35. The summed E-state index contributed by atoms with van der Waals surface area (Å²) in [6, 6.07) is 2.97. The Hall–Kier alpha value is -2.22. The maximum atomic E-state index is 14.0. The first kappa shape index (κ1) is 18.6. The van der Waals surface area contributed by atoms with Crippen molar-refractivity contribution in [2.24, 2.45) is 0 Å². The van der Waals surface area contributed by atoms with Crippen LogP contribution in [0.2, 0.25) is 5.02 Å². The maximum Gasteiger partial charge on any atom is 0.410 e. The Kier molecular flexibility index (Phi) is 5.13. The number of hydrogen-bond donors (Lipinski definition) is 0.